The van der Waals surface area contributed by atoms with Crippen LogP contribution in [0.3, 0.4) is 0 Å². The molecule has 29 heavy (non-hydrogen) atoms. The average Bonchev–Trinajstić information content (AvgIpc) is 3.17. The Morgan fingerprint density at radius 3 is 1.97 bits per heavy atom. The molecule has 1 atom stereocenters. The van der Waals surface area contributed by atoms with E-state index < -0.39 is 0 Å². The quantitative estimate of drug-likeness (QED) is 0.389. The minimum absolute atomic E-state index is 0.0719. The summed E-state index contributed by atoms with van der Waals surface area (Å²) in [4.78, 5) is 12.2. The molecule has 0 aliphatic carbocycles. The Morgan fingerprint density at radius 1 is 0.897 bits per heavy atom. The lowest BCUT2D eigenvalue weighted by Crippen LogP contribution is -2.24. The zero-order valence-corrected chi connectivity index (χ0v) is 18.9. The summed E-state index contributed by atoms with van der Waals surface area (Å²) in [6.07, 6.45) is 0.675. The number of hydrogen-bond donors (Lipinski definition) is 0. The highest BCUT2D eigenvalue weighted by atomic mass is 79.9. The van der Waals surface area contributed by atoms with Crippen LogP contribution in [0.4, 0.5) is 0 Å². The molecule has 4 rings (SSSR count). The van der Waals surface area contributed by atoms with E-state index >= 15 is 0 Å². The Balaban J connectivity index is 1.53. The third kappa shape index (κ3) is 4.60. The number of hydrazone groups is 1. The van der Waals surface area contributed by atoms with E-state index in [0.29, 0.717) is 6.42 Å². The van der Waals surface area contributed by atoms with Crippen molar-refractivity contribution in [2.45, 2.75) is 19.4 Å². The first-order valence-corrected chi connectivity index (χ1v) is 10.7. The van der Waals surface area contributed by atoms with Gasteiger partial charge in [-0.05, 0) is 59.7 Å². The average molecular weight is 514 g/mol. The molecule has 0 radical (unpaired) electrons. The summed E-state index contributed by atoms with van der Waals surface area (Å²) >= 11 is 6.87. The van der Waals surface area contributed by atoms with Crippen LogP contribution in [0.1, 0.15) is 30.5 Å². The second-order valence-electron chi connectivity index (χ2n) is 6.76. The number of halogens is 2. The maximum absolute atomic E-state index is 12.2. The Labute approximate surface area is 186 Å². The van der Waals surface area contributed by atoms with Crippen molar-refractivity contribution in [3.63, 3.8) is 0 Å². The van der Waals surface area contributed by atoms with E-state index in [4.69, 9.17) is 4.74 Å². The molecule has 0 bridgehead atoms. The molecule has 1 unspecified atom stereocenters. The van der Waals surface area contributed by atoms with Gasteiger partial charge in [0.25, 0.3) is 0 Å². The fourth-order valence-electron chi connectivity index (χ4n) is 3.27. The zero-order chi connectivity index (χ0) is 20.4. The summed E-state index contributed by atoms with van der Waals surface area (Å²) in [5.74, 6) is 1.45. The van der Waals surface area contributed by atoms with Gasteiger partial charge in [-0.1, -0.05) is 56.1 Å². The monoisotopic (exact) mass is 512 g/mol. The molecular weight excluding hydrogens is 496 g/mol. The Bertz CT molecular complexity index is 1050. The fraction of sp³-hybridized carbons (Fsp3) is 0.130. The van der Waals surface area contributed by atoms with E-state index in [0.717, 1.165) is 37.3 Å². The third-order valence-electron chi connectivity index (χ3n) is 4.72. The largest absolute Gasteiger partial charge is 0.457 e. The minimum Gasteiger partial charge on any atom is -0.457 e. The molecule has 3 aromatic rings. The van der Waals surface area contributed by atoms with Crippen molar-refractivity contribution in [3.05, 3.63) is 92.9 Å². The van der Waals surface area contributed by atoms with Crippen molar-refractivity contribution in [3.8, 4) is 11.5 Å². The van der Waals surface area contributed by atoms with Gasteiger partial charge in [0, 0.05) is 22.3 Å². The minimum atomic E-state index is -0.118. The number of rotatable bonds is 4. The number of amides is 1. The van der Waals surface area contributed by atoms with Crippen LogP contribution >= 0.6 is 31.9 Å². The van der Waals surface area contributed by atoms with Gasteiger partial charge in [0.05, 0.1) is 11.8 Å². The third-order valence-corrected chi connectivity index (χ3v) is 5.78. The predicted molar refractivity (Wildman–Crippen MR) is 121 cm³/mol. The molecule has 1 aliphatic rings. The molecule has 0 aromatic heterocycles. The first-order chi connectivity index (χ1) is 14.0. The zero-order valence-electron chi connectivity index (χ0n) is 15.7. The molecule has 0 saturated heterocycles. The normalized spacial score (nSPS) is 15.9. The maximum Gasteiger partial charge on any atom is 0.240 e. The lowest BCUT2D eigenvalue weighted by atomic mass is 9.98. The van der Waals surface area contributed by atoms with Crippen LogP contribution in [0.15, 0.2) is 86.8 Å². The summed E-state index contributed by atoms with van der Waals surface area (Å²) in [6, 6.07) is 23.4. The Kier molecular flexibility index (Phi) is 5.83. The molecule has 1 aliphatic heterocycles. The van der Waals surface area contributed by atoms with Gasteiger partial charge in [0.1, 0.15) is 11.5 Å². The number of ether oxygens (including phenoxy) is 1. The van der Waals surface area contributed by atoms with Crippen LogP contribution in [0.25, 0.3) is 0 Å². The highest BCUT2D eigenvalue weighted by molar-refractivity contribution is 9.10. The van der Waals surface area contributed by atoms with E-state index in [2.05, 4.69) is 37.0 Å². The van der Waals surface area contributed by atoms with Gasteiger partial charge in [0.15, 0.2) is 0 Å². The summed E-state index contributed by atoms with van der Waals surface area (Å²) in [7, 11) is 0. The van der Waals surface area contributed by atoms with E-state index in [1.54, 1.807) is 11.9 Å². The summed E-state index contributed by atoms with van der Waals surface area (Å²) in [6.45, 7) is 1.55. The number of nitrogens with zero attached hydrogens (tertiary/aromatic N) is 2. The molecule has 0 N–H and O–H groups in total. The van der Waals surface area contributed by atoms with Crippen LogP contribution in [-0.2, 0) is 4.79 Å². The molecule has 6 heteroatoms. The molecule has 1 heterocycles. The lowest BCUT2D eigenvalue weighted by Gasteiger charge is -2.20. The second kappa shape index (κ2) is 8.51. The number of hydrogen-bond acceptors (Lipinski definition) is 3. The van der Waals surface area contributed by atoms with Gasteiger partial charge in [-0.25, -0.2) is 5.01 Å². The molecule has 1 amide bonds. The summed E-state index contributed by atoms with van der Waals surface area (Å²) in [5, 5.41) is 6.16. The van der Waals surface area contributed by atoms with Crippen molar-refractivity contribution in [2.24, 2.45) is 5.10 Å². The van der Waals surface area contributed by atoms with Gasteiger partial charge in [-0.15, -0.1) is 0 Å². The van der Waals surface area contributed by atoms with Crippen LogP contribution in [0.5, 0.6) is 11.5 Å². The summed E-state index contributed by atoms with van der Waals surface area (Å²) < 4.78 is 7.91. The number of benzene rings is 3. The van der Waals surface area contributed by atoms with Gasteiger partial charge >= 0.3 is 0 Å². The van der Waals surface area contributed by atoms with Gasteiger partial charge < -0.3 is 4.74 Å². The Hall–Kier alpha value is -2.44. The van der Waals surface area contributed by atoms with E-state index in [9.17, 15) is 4.79 Å². The first-order valence-electron chi connectivity index (χ1n) is 9.16. The molecule has 0 saturated carbocycles. The van der Waals surface area contributed by atoms with Gasteiger partial charge in [0.2, 0.25) is 5.91 Å². The number of carbonyl (C=O) groups excluding carboxylic acids is 1. The van der Waals surface area contributed by atoms with Crippen LogP contribution < -0.4 is 4.74 Å². The Morgan fingerprint density at radius 2 is 1.41 bits per heavy atom. The standard InChI is InChI=1S/C23H18Br2N2O2/c1-15(28)27-23(14-22(26-27)16-2-6-18(24)7-3-16)17-4-10-20(11-5-17)29-21-12-8-19(25)9-13-21/h2-13,23H,14H2,1H3. The highest BCUT2D eigenvalue weighted by Crippen LogP contribution is 2.34. The van der Waals surface area contributed by atoms with Crippen molar-refractivity contribution in [1.82, 2.24) is 5.01 Å². The van der Waals surface area contributed by atoms with Crippen LogP contribution in [0, 0.1) is 0 Å². The molecule has 4 nitrogen and oxygen atoms in total. The van der Waals surface area contributed by atoms with Gasteiger partial charge in [-0.3, -0.25) is 4.79 Å². The van der Waals surface area contributed by atoms with Crippen molar-refractivity contribution in [1.29, 1.82) is 0 Å². The molecule has 3 aromatic carbocycles. The van der Waals surface area contributed by atoms with Crippen LogP contribution in [0.2, 0.25) is 0 Å². The summed E-state index contributed by atoms with van der Waals surface area (Å²) in [5.41, 5.74) is 2.96. The first kappa shape index (κ1) is 19.9. The fourth-order valence-corrected chi connectivity index (χ4v) is 3.80. The van der Waals surface area contributed by atoms with Crippen molar-refractivity contribution in [2.75, 3.05) is 0 Å². The molecule has 146 valence electrons. The topological polar surface area (TPSA) is 41.9 Å². The van der Waals surface area contributed by atoms with E-state index in [-0.39, 0.29) is 11.9 Å². The molecular formula is C23H18Br2N2O2. The lowest BCUT2D eigenvalue weighted by molar-refractivity contribution is -0.130. The maximum atomic E-state index is 12.2. The highest BCUT2D eigenvalue weighted by Gasteiger charge is 2.31. The van der Waals surface area contributed by atoms with Crippen molar-refractivity contribution >= 4 is 43.5 Å². The van der Waals surface area contributed by atoms with Crippen LogP contribution in [-0.4, -0.2) is 16.6 Å². The smallest absolute Gasteiger partial charge is 0.240 e. The number of carbonyl (C=O) groups is 1. The van der Waals surface area contributed by atoms with Gasteiger partial charge in [-0.2, -0.15) is 5.10 Å². The van der Waals surface area contributed by atoms with Crippen molar-refractivity contribution < 1.29 is 9.53 Å². The molecule has 0 fully saturated rings. The van der Waals surface area contributed by atoms with E-state index in [1.807, 2.05) is 72.8 Å². The predicted octanol–water partition coefficient (Wildman–Crippen LogP) is 6.70. The molecule has 0 spiro atoms. The second-order valence-corrected chi connectivity index (χ2v) is 8.59. The SMILES string of the molecule is CC(=O)N1N=C(c2ccc(Br)cc2)CC1c1ccc(Oc2ccc(Br)cc2)cc1. The van der Waals surface area contributed by atoms with E-state index in [1.165, 1.54) is 0 Å².